The minimum atomic E-state index is -0.420. The molecule has 0 aliphatic heterocycles. The third kappa shape index (κ3) is 4.86. The number of carbonyl (C=O) groups excluding carboxylic acids is 1. The van der Waals surface area contributed by atoms with Crippen molar-refractivity contribution in [1.82, 2.24) is 0 Å². The highest BCUT2D eigenvalue weighted by atomic mass is 127. The number of halogens is 3. The van der Waals surface area contributed by atoms with Gasteiger partial charge in [-0.15, -0.1) is 0 Å². The van der Waals surface area contributed by atoms with Crippen LogP contribution in [0.5, 0.6) is 17.2 Å². The number of hydrogen-bond donors (Lipinski definition) is 2. The van der Waals surface area contributed by atoms with Crippen molar-refractivity contribution < 1.29 is 14.6 Å². The van der Waals surface area contributed by atoms with Gasteiger partial charge in [0.1, 0.15) is 17.2 Å². The van der Waals surface area contributed by atoms with Crippen LogP contribution in [0, 0.1) is 10.5 Å². The van der Waals surface area contributed by atoms with E-state index in [0.29, 0.717) is 32.8 Å². The summed E-state index contributed by atoms with van der Waals surface area (Å²) in [5, 5.41) is 13.8. The predicted octanol–water partition coefficient (Wildman–Crippen LogP) is 6.66. The Bertz CT molecular complexity index is 1010. The van der Waals surface area contributed by atoms with Gasteiger partial charge in [-0.25, -0.2) is 0 Å². The number of phenolic OH excluding ortho intramolecular Hbond substituents is 1. The summed E-state index contributed by atoms with van der Waals surface area (Å²) in [6.45, 7) is 1.74. The van der Waals surface area contributed by atoms with Crippen LogP contribution in [0.4, 0.5) is 5.69 Å². The lowest BCUT2D eigenvalue weighted by Crippen LogP contribution is -2.12. The van der Waals surface area contributed by atoms with E-state index >= 15 is 0 Å². The van der Waals surface area contributed by atoms with Crippen LogP contribution in [0.25, 0.3) is 0 Å². The molecule has 0 bridgehead atoms. The molecule has 4 nitrogen and oxygen atoms in total. The number of amides is 1. The summed E-state index contributed by atoms with van der Waals surface area (Å²) in [5.74, 6) is 0.584. The second kappa shape index (κ2) is 8.37. The summed E-state index contributed by atoms with van der Waals surface area (Å²) in [4.78, 5) is 12.5. The minimum Gasteiger partial charge on any atom is -0.507 e. The molecule has 0 radical (unpaired) electrons. The lowest BCUT2D eigenvalue weighted by molar-refractivity contribution is 0.102. The number of benzene rings is 3. The standard InChI is InChI=1S/C20H14Cl2INO3/c1-11-8-13(23)9-16(19(11)25)20(26)24-14-4-7-18(17(22)10-14)27-15-5-2-12(21)3-6-15/h2-10,25H,1H3,(H,24,26). The van der Waals surface area contributed by atoms with Crippen molar-refractivity contribution in [2.24, 2.45) is 0 Å². The summed E-state index contributed by atoms with van der Waals surface area (Å²) in [6.07, 6.45) is 0. The first-order chi connectivity index (χ1) is 12.8. The quantitative estimate of drug-likeness (QED) is 0.383. The molecule has 0 spiro atoms. The van der Waals surface area contributed by atoms with E-state index in [1.165, 1.54) is 0 Å². The minimum absolute atomic E-state index is 0.0401. The fraction of sp³-hybridized carbons (Fsp3) is 0.0500. The summed E-state index contributed by atoms with van der Waals surface area (Å²) in [5.41, 5.74) is 1.33. The first kappa shape index (κ1) is 19.8. The van der Waals surface area contributed by atoms with Crippen molar-refractivity contribution in [3.8, 4) is 17.2 Å². The van der Waals surface area contributed by atoms with E-state index in [-0.39, 0.29) is 11.3 Å². The van der Waals surface area contributed by atoms with Crippen LogP contribution in [0.3, 0.4) is 0 Å². The third-order valence-electron chi connectivity index (χ3n) is 3.74. The maximum atomic E-state index is 12.5. The Hall–Kier alpha value is -1.96. The van der Waals surface area contributed by atoms with Gasteiger partial charge in [0.25, 0.3) is 5.91 Å². The molecular formula is C20H14Cl2INO3. The molecule has 138 valence electrons. The van der Waals surface area contributed by atoms with Gasteiger partial charge < -0.3 is 15.2 Å². The maximum Gasteiger partial charge on any atom is 0.259 e. The molecule has 2 N–H and O–H groups in total. The molecule has 0 saturated heterocycles. The highest BCUT2D eigenvalue weighted by molar-refractivity contribution is 14.1. The van der Waals surface area contributed by atoms with E-state index in [4.69, 9.17) is 27.9 Å². The van der Waals surface area contributed by atoms with E-state index in [1.807, 2.05) is 0 Å². The van der Waals surface area contributed by atoms with Crippen molar-refractivity contribution in [3.63, 3.8) is 0 Å². The number of aromatic hydroxyl groups is 1. The number of phenols is 1. The summed E-state index contributed by atoms with van der Waals surface area (Å²) < 4.78 is 6.57. The van der Waals surface area contributed by atoms with E-state index in [2.05, 4.69) is 27.9 Å². The topological polar surface area (TPSA) is 58.6 Å². The van der Waals surface area contributed by atoms with Crippen LogP contribution in [-0.4, -0.2) is 11.0 Å². The van der Waals surface area contributed by atoms with Gasteiger partial charge in [0.05, 0.1) is 10.6 Å². The Labute approximate surface area is 180 Å². The van der Waals surface area contributed by atoms with Gasteiger partial charge in [0.2, 0.25) is 0 Å². The zero-order valence-corrected chi connectivity index (χ0v) is 17.8. The molecule has 0 fully saturated rings. The van der Waals surface area contributed by atoms with Crippen LogP contribution < -0.4 is 10.1 Å². The number of rotatable bonds is 4. The molecule has 0 aromatic heterocycles. The fourth-order valence-electron chi connectivity index (χ4n) is 2.40. The van der Waals surface area contributed by atoms with Crippen molar-refractivity contribution in [3.05, 3.63) is 79.3 Å². The average Bonchev–Trinajstić information content (AvgIpc) is 2.62. The molecule has 0 aliphatic rings. The van der Waals surface area contributed by atoms with Gasteiger partial charge >= 0.3 is 0 Å². The van der Waals surface area contributed by atoms with Gasteiger partial charge in [-0.05, 0) is 89.7 Å². The van der Waals surface area contributed by atoms with Crippen molar-refractivity contribution in [2.75, 3.05) is 5.32 Å². The molecule has 3 aromatic rings. The summed E-state index contributed by atoms with van der Waals surface area (Å²) in [6, 6.07) is 15.2. The van der Waals surface area contributed by atoms with Crippen molar-refractivity contribution >= 4 is 57.4 Å². The zero-order chi connectivity index (χ0) is 19.6. The normalized spacial score (nSPS) is 10.5. The van der Waals surface area contributed by atoms with Crippen LogP contribution in [-0.2, 0) is 0 Å². The number of carbonyl (C=O) groups is 1. The number of nitrogens with one attached hydrogen (secondary N) is 1. The molecule has 27 heavy (non-hydrogen) atoms. The summed E-state index contributed by atoms with van der Waals surface area (Å²) in [7, 11) is 0. The third-order valence-corrected chi connectivity index (χ3v) is 4.91. The molecular weight excluding hydrogens is 500 g/mol. The number of anilines is 1. The van der Waals surface area contributed by atoms with Crippen LogP contribution in [0.15, 0.2) is 54.6 Å². The van der Waals surface area contributed by atoms with Gasteiger partial charge in [0, 0.05) is 14.3 Å². The fourth-order valence-corrected chi connectivity index (χ4v) is 3.52. The first-order valence-corrected chi connectivity index (χ1v) is 9.70. The van der Waals surface area contributed by atoms with Crippen LogP contribution >= 0.6 is 45.8 Å². The number of hydrogen-bond acceptors (Lipinski definition) is 3. The average molecular weight is 514 g/mol. The van der Waals surface area contributed by atoms with Gasteiger partial charge in [-0.1, -0.05) is 23.2 Å². The van der Waals surface area contributed by atoms with E-state index < -0.39 is 5.91 Å². The van der Waals surface area contributed by atoms with Crippen molar-refractivity contribution in [2.45, 2.75) is 6.92 Å². The van der Waals surface area contributed by atoms with E-state index in [0.717, 1.165) is 3.57 Å². The highest BCUT2D eigenvalue weighted by Crippen LogP contribution is 2.33. The monoisotopic (exact) mass is 513 g/mol. The van der Waals surface area contributed by atoms with Crippen molar-refractivity contribution in [1.29, 1.82) is 0 Å². The largest absolute Gasteiger partial charge is 0.507 e. The summed E-state index contributed by atoms with van der Waals surface area (Å²) >= 11 is 14.2. The lowest BCUT2D eigenvalue weighted by Gasteiger charge is -2.12. The molecule has 3 aromatic carbocycles. The molecule has 3 rings (SSSR count). The Morgan fingerprint density at radius 3 is 2.44 bits per heavy atom. The predicted molar refractivity (Wildman–Crippen MR) is 116 cm³/mol. The number of ether oxygens (including phenoxy) is 1. The second-order valence-corrected chi connectivity index (χ2v) is 7.86. The SMILES string of the molecule is Cc1cc(I)cc(C(=O)Nc2ccc(Oc3ccc(Cl)cc3)c(Cl)c2)c1O. The van der Waals surface area contributed by atoms with Gasteiger partial charge in [-0.3, -0.25) is 4.79 Å². The van der Waals surface area contributed by atoms with Gasteiger partial charge in [0.15, 0.2) is 0 Å². The zero-order valence-electron chi connectivity index (χ0n) is 14.1. The van der Waals surface area contributed by atoms with E-state index in [9.17, 15) is 9.90 Å². The Morgan fingerprint density at radius 2 is 1.78 bits per heavy atom. The van der Waals surface area contributed by atoms with Gasteiger partial charge in [-0.2, -0.15) is 0 Å². The second-order valence-electron chi connectivity index (χ2n) is 5.77. The Morgan fingerprint density at radius 1 is 1.07 bits per heavy atom. The molecule has 1 amide bonds. The molecule has 0 unspecified atom stereocenters. The lowest BCUT2D eigenvalue weighted by atomic mass is 10.1. The molecule has 7 heteroatoms. The molecule has 0 aliphatic carbocycles. The highest BCUT2D eigenvalue weighted by Gasteiger charge is 2.15. The Kier molecular flexibility index (Phi) is 6.14. The smallest absolute Gasteiger partial charge is 0.259 e. The van der Waals surface area contributed by atoms with E-state index in [1.54, 1.807) is 61.5 Å². The number of aryl methyl sites for hydroxylation is 1. The molecule has 0 atom stereocenters. The van der Waals surface area contributed by atoms with Crippen LogP contribution in [0.2, 0.25) is 10.0 Å². The first-order valence-electron chi connectivity index (χ1n) is 7.87. The van der Waals surface area contributed by atoms with Crippen LogP contribution in [0.1, 0.15) is 15.9 Å². The molecule has 0 heterocycles. The maximum absolute atomic E-state index is 12.5. The Balaban J connectivity index is 1.78. The molecule has 0 saturated carbocycles.